The Bertz CT molecular complexity index is 584. The molecule has 2 aliphatic rings. The number of sulfonamides is 1. The average Bonchev–Trinajstić information content (AvgIpc) is 2.84. The van der Waals surface area contributed by atoms with Crippen molar-refractivity contribution in [2.75, 3.05) is 13.1 Å². The molecule has 2 heterocycles. The van der Waals surface area contributed by atoms with Gasteiger partial charge in [-0.1, -0.05) is 0 Å². The Balaban J connectivity index is 1.70. The second-order valence-electron chi connectivity index (χ2n) is 5.29. The van der Waals surface area contributed by atoms with Gasteiger partial charge in [-0.2, -0.15) is 4.31 Å². The minimum absolute atomic E-state index is 0.0472. The first-order chi connectivity index (χ1) is 8.96. The third kappa shape index (κ3) is 1.97. The van der Waals surface area contributed by atoms with Crippen molar-refractivity contribution in [2.24, 2.45) is 11.3 Å². The first-order valence-electron chi connectivity index (χ1n) is 6.22. The largest absolute Gasteiger partial charge is 0.481 e. The maximum atomic E-state index is 12.2. The van der Waals surface area contributed by atoms with Crippen LogP contribution in [0.1, 0.15) is 19.3 Å². The Morgan fingerprint density at radius 3 is 2.58 bits per heavy atom. The van der Waals surface area contributed by atoms with Gasteiger partial charge in [0.1, 0.15) is 0 Å². The summed E-state index contributed by atoms with van der Waals surface area (Å²) >= 11 is 0. The molecule has 19 heavy (non-hydrogen) atoms. The lowest BCUT2D eigenvalue weighted by Crippen LogP contribution is -2.39. The quantitative estimate of drug-likeness (QED) is 0.900. The summed E-state index contributed by atoms with van der Waals surface area (Å²) in [6.07, 6.45) is 3.24. The van der Waals surface area contributed by atoms with Crippen LogP contribution in [0, 0.1) is 11.3 Å². The second-order valence-corrected chi connectivity index (χ2v) is 7.16. The molecule has 2 fully saturated rings. The molecule has 104 valence electrons. The van der Waals surface area contributed by atoms with Crippen molar-refractivity contribution in [2.45, 2.75) is 24.4 Å². The van der Waals surface area contributed by atoms with E-state index in [4.69, 9.17) is 9.52 Å². The highest BCUT2D eigenvalue weighted by molar-refractivity contribution is 7.89. The fourth-order valence-electron chi connectivity index (χ4n) is 2.96. The van der Waals surface area contributed by atoms with Crippen LogP contribution >= 0.6 is 0 Å². The molecule has 1 unspecified atom stereocenters. The summed E-state index contributed by atoms with van der Waals surface area (Å²) in [5, 5.41) is 8.95. The molecule has 0 amide bonds. The van der Waals surface area contributed by atoms with Gasteiger partial charge < -0.3 is 9.52 Å². The number of carbonyl (C=O) groups is 1. The zero-order valence-electron chi connectivity index (χ0n) is 10.3. The lowest BCUT2D eigenvalue weighted by Gasteiger charge is -2.30. The van der Waals surface area contributed by atoms with Crippen LogP contribution in [0.15, 0.2) is 27.9 Å². The Morgan fingerprint density at radius 2 is 2.11 bits per heavy atom. The van der Waals surface area contributed by atoms with Gasteiger partial charge in [-0.05, 0) is 36.8 Å². The third-order valence-electron chi connectivity index (χ3n) is 4.30. The summed E-state index contributed by atoms with van der Waals surface area (Å²) in [6.45, 7) is 0.736. The van der Waals surface area contributed by atoms with Crippen LogP contribution in [-0.4, -0.2) is 36.9 Å². The molecule has 0 radical (unpaired) electrons. The summed E-state index contributed by atoms with van der Waals surface area (Å²) in [4.78, 5) is 11.0. The molecule has 3 rings (SSSR count). The predicted molar refractivity (Wildman–Crippen MR) is 64.9 cm³/mol. The molecule has 1 aromatic heterocycles. The Kier molecular flexibility index (Phi) is 2.72. The number of rotatable bonds is 3. The van der Waals surface area contributed by atoms with E-state index in [0.717, 1.165) is 0 Å². The summed E-state index contributed by atoms with van der Waals surface area (Å²) in [7, 11) is -3.56. The van der Waals surface area contributed by atoms with Crippen LogP contribution in [0.4, 0.5) is 0 Å². The number of nitrogens with zero attached hydrogens (tertiary/aromatic N) is 1. The maximum absolute atomic E-state index is 12.2. The Hall–Kier alpha value is -1.34. The molecule has 0 aromatic carbocycles. The SMILES string of the molecule is O=C(O)C1CC12CCN(S(=O)(=O)c1ccco1)CC2. The minimum Gasteiger partial charge on any atom is -0.481 e. The molecule has 1 aromatic rings. The van der Waals surface area contributed by atoms with Crippen molar-refractivity contribution < 1.29 is 22.7 Å². The lowest BCUT2D eigenvalue weighted by atomic mass is 9.92. The summed E-state index contributed by atoms with van der Waals surface area (Å²) in [5.74, 6) is -1.05. The van der Waals surface area contributed by atoms with E-state index in [-0.39, 0.29) is 16.4 Å². The zero-order valence-corrected chi connectivity index (χ0v) is 11.1. The fourth-order valence-corrected chi connectivity index (χ4v) is 4.30. The van der Waals surface area contributed by atoms with Crippen molar-refractivity contribution >= 4 is 16.0 Å². The molecule has 1 aliphatic carbocycles. The average molecular weight is 285 g/mol. The van der Waals surface area contributed by atoms with E-state index < -0.39 is 16.0 Å². The molecule has 0 bridgehead atoms. The normalized spacial score (nSPS) is 26.4. The van der Waals surface area contributed by atoms with Gasteiger partial charge in [0.15, 0.2) is 0 Å². The Morgan fingerprint density at radius 1 is 1.42 bits per heavy atom. The predicted octanol–water partition coefficient (Wildman–Crippen LogP) is 1.16. The van der Waals surface area contributed by atoms with Gasteiger partial charge in [0, 0.05) is 13.1 Å². The molecule has 6 nitrogen and oxygen atoms in total. The van der Waals surface area contributed by atoms with Crippen LogP contribution in [-0.2, 0) is 14.8 Å². The van der Waals surface area contributed by atoms with Gasteiger partial charge in [-0.3, -0.25) is 4.79 Å². The zero-order chi connectivity index (χ0) is 13.7. The molecular formula is C12H15NO5S. The second kappa shape index (κ2) is 4.08. The van der Waals surface area contributed by atoms with Crippen LogP contribution in [0.25, 0.3) is 0 Å². The van der Waals surface area contributed by atoms with Crippen molar-refractivity contribution in [1.29, 1.82) is 0 Å². The molecule has 1 atom stereocenters. The van der Waals surface area contributed by atoms with Gasteiger partial charge >= 0.3 is 5.97 Å². The van der Waals surface area contributed by atoms with Crippen molar-refractivity contribution in [1.82, 2.24) is 4.31 Å². The number of hydrogen-bond donors (Lipinski definition) is 1. The minimum atomic E-state index is -3.56. The number of piperidine rings is 1. The van der Waals surface area contributed by atoms with E-state index in [1.165, 1.54) is 16.6 Å². The number of hydrogen-bond acceptors (Lipinski definition) is 4. The number of aliphatic carboxylic acids is 1. The Labute approximate surface area is 111 Å². The summed E-state index contributed by atoms with van der Waals surface area (Å²) in [6, 6.07) is 2.97. The van der Waals surface area contributed by atoms with Gasteiger partial charge in [-0.25, -0.2) is 8.42 Å². The first-order valence-corrected chi connectivity index (χ1v) is 7.66. The van der Waals surface area contributed by atoms with E-state index >= 15 is 0 Å². The van der Waals surface area contributed by atoms with Crippen molar-refractivity contribution in [3.63, 3.8) is 0 Å². The van der Waals surface area contributed by atoms with Crippen LogP contribution in [0.3, 0.4) is 0 Å². The fraction of sp³-hybridized carbons (Fsp3) is 0.583. The molecule has 1 N–H and O–H groups in total. The first kappa shape index (κ1) is 12.7. The molecule has 1 saturated heterocycles. The van der Waals surface area contributed by atoms with E-state index in [2.05, 4.69) is 0 Å². The van der Waals surface area contributed by atoms with Gasteiger partial charge in [0.2, 0.25) is 5.09 Å². The highest BCUT2D eigenvalue weighted by atomic mass is 32.2. The maximum Gasteiger partial charge on any atom is 0.307 e. The van der Waals surface area contributed by atoms with Crippen molar-refractivity contribution in [3.8, 4) is 0 Å². The van der Waals surface area contributed by atoms with Crippen molar-refractivity contribution in [3.05, 3.63) is 18.4 Å². The lowest BCUT2D eigenvalue weighted by molar-refractivity contribution is -0.139. The van der Waals surface area contributed by atoms with E-state index in [1.54, 1.807) is 6.07 Å². The molecular weight excluding hydrogens is 270 g/mol. The molecule has 1 spiro atoms. The number of furan rings is 1. The topological polar surface area (TPSA) is 87.8 Å². The van der Waals surface area contributed by atoms with Crippen LogP contribution < -0.4 is 0 Å². The van der Waals surface area contributed by atoms with E-state index in [0.29, 0.717) is 32.4 Å². The van der Waals surface area contributed by atoms with E-state index in [1.807, 2.05) is 0 Å². The number of carboxylic acid groups (broad SMARTS) is 1. The van der Waals surface area contributed by atoms with Gasteiger partial charge in [0.05, 0.1) is 12.2 Å². The standard InChI is InChI=1S/C12H15NO5S/c14-11(15)9-8-12(9)3-5-13(6-4-12)19(16,17)10-2-1-7-18-10/h1-2,7,9H,3-6,8H2,(H,14,15). The van der Waals surface area contributed by atoms with Crippen LogP contribution in [0.2, 0.25) is 0 Å². The number of carboxylic acids is 1. The smallest absolute Gasteiger partial charge is 0.307 e. The molecule has 7 heteroatoms. The third-order valence-corrected chi connectivity index (χ3v) is 6.08. The van der Waals surface area contributed by atoms with Gasteiger partial charge in [-0.15, -0.1) is 0 Å². The summed E-state index contributed by atoms with van der Waals surface area (Å²) < 4.78 is 30.8. The van der Waals surface area contributed by atoms with E-state index in [9.17, 15) is 13.2 Å². The highest BCUT2D eigenvalue weighted by Crippen LogP contribution is 2.59. The highest BCUT2D eigenvalue weighted by Gasteiger charge is 2.59. The molecule has 1 saturated carbocycles. The molecule has 1 aliphatic heterocycles. The summed E-state index contributed by atoms with van der Waals surface area (Å²) in [5.41, 5.74) is -0.166. The monoisotopic (exact) mass is 285 g/mol. The van der Waals surface area contributed by atoms with Gasteiger partial charge in [0.25, 0.3) is 10.0 Å². The van der Waals surface area contributed by atoms with Crippen LogP contribution in [0.5, 0.6) is 0 Å².